The second-order valence-corrected chi connectivity index (χ2v) is 19.5. The topological polar surface area (TPSA) is 24.5 Å². The van der Waals surface area contributed by atoms with Crippen LogP contribution < -0.4 is 14.7 Å². The molecular formula is C36H54N2O2Si+2. The van der Waals surface area contributed by atoms with Crippen LogP contribution in [0.15, 0.2) is 24.3 Å². The average Bonchev–Trinajstić information content (AvgIpc) is 2.92. The molecular weight excluding hydrogens is 520 g/mol. The molecule has 0 radical (unpaired) electrons. The van der Waals surface area contributed by atoms with Gasteiger partial charge in [0, 0.05) is 24.7 Å². The minimum absolute atomic E-state index is 0.651. The van der Waals surface area contributed by atoms with Crippen LogP contribution in [0.4, 0.5) is 0 Å². The molecule has 4 unspecified atom stereocenters. The highest BCUT2D eigenvalue weighted by atomic mass is 28.3. The molecule has 2 fully saturated rings. The Morgan fingerprint density at radius 1 is 0.634 bits per heavy atom. The summed E-state index contributed by atoms with van der Waals surface area (Å²) in [6.45, 7) is 19.9. The third-order valence-electron chi connectivity index (χ3n) is 9.83. The van der Waals surface area contributed by atoms with Crippen molar-refractivity contribution in [1.29, 1.82) is 0 Å². The zero-order valence-corrected chi connectivity index (χ0v) is 28.1. The van der Waals surface area contributed by atoms with Crippen molar-refractivity contribution in [3.63, 3.8) is 0 Å². The molecule has 0 aromatic heterocycles. The van der Waals surface area contributed by atoms with Crippen molar-refractivity contribution in [2.45, 2.75) is 118 Å². The number of nitrogens with zero attached hydrogens (tertiary/aromatic N) is 2. The number of rotatable bonds is 3. The predicted molar refractivity (Wildman–Crippen MR) is 175 cm³/mol. The summed E-state index contributed by atoms with van der Waals surface area (Å²) < 4.78 is 17.2. The standard InChI is InChI=1S/C19H30NOSi.C17H24NO/c1-14-10-16-12-20(17-9-7-6-8-15(17)2)13-21-19(16)18(11-14)22(3,4)5;1-12-8-14(3)17-15(9-12)10-18(11-19-17)16-7-5-4-6-13(16)2/h10-12,15,17H,6-9,13H2,1-5H3;8-10,13,16H,4-7,11H2,1-3H3/q2*+1. The van der Waals surface area contributed by atoms with Crippen LogP contribution in [0.3, 0.4) is 0 Å². The fraction of sp³-hybridized carbons (Fsp3) is 0.611. The first-order chi connectivity index (χ1) is 19.5. The molecule has 4 atom stereocenters. The number of hydrogen-bond acceptors (Lipinski definition) is 2. The van der Waals surface area contributed by atoms with Crippen molar-refractivity contribution in [2.24, 2.45) is 11.8 Å². The quantitative estimate of drug-likeness (QED) is 0.279. The van der Waals surface area contributed by atoms with Crippen LogP contribution >= 0.6 is 0 Å². The molecule has 222 valence electrons. The Balaban J connectivity index is 0.000000166. The van der Waals surface area contributed by atoms with Gasteiger partial charge in [-0.2, -0.15) is 9.15 Å². The zero-order chi connectivity index (χ0) is 29.3. The lowest BCUT2D eigenvalue weighted by molar-refractivity contribution is -0.601. The molecule has 2 heterocycles. The van der Waals surface area contributed by atoms with E-state index in [0.29, 0.717) is 18.8 Å². The highest BCUT2D eigenvalue weighted by Gasteiger charge is 2.35. The number of ether oxygens (including phenoxy) is 2. The van der Waals surface area contributed by atoms with Gasteiger partial charge in [0.05, 0.1) is 19.2 Å². The molecule has 0 saturated heterocycles. The Morgan fingerprint density at radius 2 is 1.10 bits per heavy atom. The summed E-state index contributed by atoms with van der Waals surface area (Å²) in [7, 11) is -1.38. The van der Waals surface area contributed by atoms with E-state index in [1.807, 2.05) is 0 Å². The van der Waals surface area contributed by atoms with Crippen molar-refractivity contribution in [3.8, 4) is 11.5 Å². The minimum atomic E-state index is -1.38. The number of aryl methyl sites for hydroxylation is 3. The number of fused-ring (bicyclic) bond motifs is 2. The van der Waals surface area contributed by atoms with Crippen molar-refractivity contribution < 1.29 is 18.6 Å². The Kier molecular flexibility index (Phi) is 9.13. The van der Waals surface area contributed by atoms with Crippen molar-refractivity contribution in [3.05, 3.63) is 52.1 Å². The third kappa shape index (κ3) is 6.82. The molecule has 2 aromatic carbocycles. The van der Waals surface area contributed by atoms with Gasteiger partial charge in [0.25, 0.3) is 13.5 Å². The van der Waals surface area contributed by atoms with E-state index < -0.39 is 8.07 Å². The van der Waals surface area contributed by atoms with E-state index in [4.69, 9.17) is 9.47 Å². The molecule has 41 heavy (non-hydrogen) atoms. The first kappa shape index (κ1) is 30.1. The van der Waals surface area contributed by atoms with Gasteiger partial charge in [0.2, 0.25) is 0 Å². The van der Waals surface area contributed by atoms with Gasteiger partial charge in [-0.05, 0) is 74.9 Å². The normalized spacial score (nSPS) is 25.8. The van der Waals surface area contributed by atoms with E-state index in [2.05, 4.69) is 100 Å². The molecule has 5 heteroatoms. The highest BCUT2D eigenvalue weighted by Crippen LogP contribution is 2.31. The number of hydrogen-bond donors (Lipinski definition) is 0. The smallest absolute Gasteiger partial charge is 0.287 e. The Morgan fingerprint density at radius 3 is 1.61 bits per heavy atom. The van der Waals surface area contributed by atoms with E-state index in [1.54, 1.807) is 0 Å². The molecule has 0 N–H and O–H groups in total. The van der Waals surface area contributed by atoms with Crippen LogP contribution in [0.5, 0.6) is 11.5 Å². The Hall–Kier alpha value is -2.40. The van der Waals surface area contributed by atoms with Gasteiger partial charge in [-0.3, -0.25) is 0 Å². The summed E-state index contributed by atoms with van der Waals surface area (Å²) in [6, 6.07) is 10.4. The first-order valence-electron chi connectivity index (χ1n) is 16.2. The lowest BCUT2D eigenvalue weighted by atomic mass is 9.85. The summed E-state index contributed by atoms with van der Waals surface area (Å²) >= 11 is 0. The highest BCUT2D eigenvalue weighted by molar-refractivity contribution is 6.89. The van der Waals surface area contributed by atoms with Crippen LogP contribution in [0.1, 0.15) is 93.0 Å². The fourth-order valence-corrected chi connectivity index (χ4v) is 9.13. The van der Waals surface area contributed by atoms with Gasteiger partial charge in [-0.1, -0.05) is 64.0 Å². The van der Waals surface area contributed by atoms with Gasteiger partial charge in [0.1, 0.15) is 11.5 Å². The van der Waals surface area contributed by atoms with Gasteiger partial charge < -0.3 is 9.47 Å². The van der Waals surface area contributed by atoms with Crippen LogP contribution in [-0.2, 0) is 0 Å². The largest absolute Gasteiger partial charge is 0.436 e. The maximum atomic E-state index is 6.28. The van der Waals surface area contributed by atoms with E-state index >= 15 is 0 Å². The summed E-state index contributed by atoms with van der Waals surface area (Å²) in [6.07, 6.45) is 15.5. The van der Waals surface area contributed by atoms with Gasteiger partial charge in [-0.15, -0.1) is 0 Å². The lowest BCUT2D eigenvalue weighted by Crippen LogP contribution is -2.44. The Labute approximate surface area is 250 Å². The molecule has 0 amide bonds. The lowest BCUT2D eigenvalue weighted by Gasteiger charge is -2.30. The molecule has 2 aromatic rings. The van der Waals surface area contributed by atoms with Crippen molar-refractivity contribution in [1.82, 2.24) is 0 Å². The van der Waals surface area contributed by atoms with E-state index in [0.717, 1.165) is 30.1 Å². The summed E-state index contributed by atoms with van der Waals surface area (Å²) in [4.78, 5) is 0. The van der Waals surface area contributed by atoms with E-state index in [9.17, 15) is 0 Å². The average molecular weight is 575 g/mol. The molecule has 6 rings (SSSR count). The first-order valence-corrected chi connectivity index (χ1v) is 19.7. The molecule has 2 aliphatic carbocycles. The van der Waals surface area contributed by atoms with Crippen molar-refractivity contribution >= 4 is 25.7 Å². The zero-order valence-electron chi connectivity index (χ0n) is 27.1. The van der Waals surface area contributed by atoms with Crippen LogP contribution in [0.2, 0.25) is 19.6 Å². The second-order valence-electron chi connectivity index (χ2n) is 14.5. The van der Waals surface area contributed by atoms with E-state index in [-0.39, 0.29) is 0 Å². The van der Waals surface area contributed by atoms with Gasteiger partial charge in [-0.25, -0.2) is 0 Å². The molecule has 4 aliphatic rings. The second kappa shape index (κ2) is 12.4. The predicted octanol–water partition coefficient (Wildman–Crippen LogP) is 7.56. The van der Waals surface area contributed by atoms with Crippen LogP contribution in [0, 0.1) is 32.6 Å². The summed E-state index contributed by atoms with van der Waals surface area (Å²) in [5.41, 5.74) is 6.47. The number of benzene rings is 2. The van der Waals surface area contributed by atoms with E-state index in [1.165, 1.54) is 84.4 Å². The SMILES string of the molecule is Cc1cc(C)c2c(c1)C=[N+](C1CCCCC1C)CO2.Cc1cc2c(c([Si](C)(C)C)c1)OC[N+](C1CCCCC1C)=C2. The summed E-state index contributed by atoms with van der Waals surface area (Å²) in [5, 5.41) is 1.47. The van der Waals surface area contributed by atoms with Crippen LogP contribution in [0.25, 0.3) is 0 Å². The van der Waals surface area contributed by atoms with Crippen LogP contribution in [-0.4, -0.2) is 55.2 Å². The third-order valence-corrected chi connectivity index (χ3v) is 11.8. The summed E-state index contributed by atoms with van der Waals surface area (Å²) in [5.74, 6) is 3.78. The molecule has 4 nitrogen and oxygen atoms in total. The van der Waals surface area contributed by atoms with Crippen molar-refractivity contribution in [2.75, 3.05) is 13.5 Å². The Bertz CT molecular complexity index is 1320. The monoisotopic (exact) mass is 574 g/mol. The minimum Gasteiger partial charge on any atom is -0.436 e. The fourth-order valence-electron chi connectivity index (χ4n) is 7.57. The maximum absolute atomic E-state index is 6.28. The molecule has 2 saturated carbocycles. The van der Waals surface area contributed by atoms with Gasteiger partial charge >= 0.3 is 0 Å². The van der Waals surface area contributed by atoms with Gasteiger partial charge in [0.15, 0.2) is 24.5 Å². The molecule has 0 bridgehead atoms. The molecule has 0 spiro atoms. The molecule has 2 aliphatic heterocycles. The maximum Gasteiger partial charge on any atom is 0.287 e.